The Bertz CT molecular complexity index is 273. The van der Waals surface area contributed by atoms with E-state index in [4.69, 9.17) is 23.7 Å². The summed E-state index contributed by atoms with van der Waals surface area (Å²) in [5.74, 6) is -0.167. The number of rotatable bonds is 20. The van der Waals surface area contributed by atoms with E-state index in [2.05, 4.69) is 6.92 Å². The molecule has 0 aliphatic rings. The van der Waals surface area contributed by atoms with Gasteiger partial charge in [-0.3, -0.25) is 4.79 Å². The Morgan fingerprint density at radius 2 is 1.04 bits per heavy atom. The first kappa shape index (κ1) is 24.3. The Kier molecular flexibility index (Phi) is 20.8. The number of esters is 1. The summed E-state index contributed by atoms with van der Waals surface area (Å²) >= 11 is 0. The highest BCUT2D eigenvalue weighted by molar-refractivity contribution is 5.69. The normalized spacial score (nSPS) is 11.0. The summed E-state index contributed by atoms with van der Waals surface area (Å²) < 4.78 is 26.6. The fraction of sp³-hybridized carbons (Fsp3) is 0.947. The van der Waals surface area contributed by atoms with Crippen molar-refractivity contribution in [3.05, 3.63) is 0 Å². The quantitative estimate of drug-likeness (QED) is 0.244. The third kappa shape index (κ3) is 21.3. The maximum Gasteiger partial charge on any atom is 0.305 e. The molecule has 6 heteroatoms. The molecule has 6 nitrogen and oxygen atoms in total. The van der Waals surface area contributed by atoms with Gasteiger partial charge in [0, 0.05) is 13.0 Å². The minimum atomic E-state index is -0.167. The second-order valence-electron chi connectivity index (χ2n) is 5.83. The number of hydrogen-bond acceptors (Lipinski definition) is 6. The van der Waals surface area contributed by atoms with Gasteiger partial charge in [0.1, 0.15) is 6.61 Å². The lowest BCUT2D eigenvalue weighted by Crippen LogP contribution is -2.14. The zero-order valence-electron chi connectivity index (χ0n) is 16.3. The predicted molar refractivity (Wildman–Crippen MR) is 97.9 cm³/mol. The molecule has 25 heavy (non-hydrogen) atoms. The molecule has 0 heterocycles. The molecule has 150 valence electrons. The van der Waals surface area contributed by atoms with E-state index < -0.39 is 0 Å². The zero-order valence-corrected chi connectivity index (χ0v) is 16.3. The SMILES string of the molecule is CCCCCCCOCCOCCOCCOCCOC(=O)CCC. The average Bonchev–Trinajstić information content (AvgIpc) is 2.61. The molecule has 0 bridgehead atoms. The van der Waals surface area contributed by atoms with E-state index in [1.807, 2.05) is 6.92 Å². The van der Waals surface area contributed by atoms with Gasteiger partial charge in [0.15, 0.2) is 0 Å². The predicted octanol–water partition coefficient (Wildman–Crippen LogP) is 3.37. The minimum absolute atomic E-state index is 0.167. The maximum atomic E-state index is 11.1. The van der Waals surface area contributed by atoms with Gasteiger partial charge in [-0.2, -0.15) is 0 Å². The molecule has 0 aliphatic carbocycles. The van der Waals surface area contributed by atoms with Crippen LogP contribution in [0, 0.1) is 0 Å². The zero-order chi connectivity index (χ0) is 18.4. The average molecular weight is 363 g/mol. The fourth-order valence-corrected chi connectivity index (χ4v) is 2.06. The molecule has 0 aromatic heterocycles. The van der Waals surface area contributed by atoms with Gasteiger partial charge in [0.25, 0.3) is 0 Å². The van der Waals surface area contributed by atoms with Gasteiger partial charge >= 0.3 is 5.97 Å². The lowest BCUT2D eigenvalue weighted by molar-refractivity contribution is -0.145. The van der Waals surface area contributed by atoms with Crippen molar-refractivity contribution in [1.29, 1.82) is 0 Å². The van der Waals surface area contributed by atoms with Crippen LogP contribution in [0.2, 0.25) is 0 Å². The van der Waals surface area contributed by atoms with Gasteiger partial charge in [-0.1, -0.05) is 39.5 Å². The van der Waals surface area contributed by atoms with Gasteiger partial charge in [0.2, 0.25) is 0 Å². The van der Waals surface area contributed by atoms with Crippen molar-refractivity contribution < 1.29 is 28.5 Å². The van der Waals surface area contributed by atoms with E-state index in [1.165, 1.54) is 25.7 Å². The standard InChI is InChI=1S/C19H38O6/c1-3-5-6-7-8-10-21-11-12-22-13-14-23-15-16-24-17-18-25-19(20)9-4-2/h3-18H2,1-2H3. The van der Waals surface area contributed by atoms with E-state index in [-0.39, 0.29) is 5.97 Å². The summed E-state index contributed by atoms with van der Waals surface area (Å²) in [4.78, 5) is 11.1. The first-order chi connectivity index (χ1) is 12.3. The first-order valence-electron chi connectivity index (χ1n) is 9.77. The molecule has 0 aliphatic heterocycles. The number of hydrogen-bond donors (Lipinski definition) is 0. The molecule has 0 N–H and O–H groups in total. The Balaban J connectivity index is 3.02. The molecule has 0 fully saturated rings. The van der Waals surface area contributed by atoms with Crippen LogP contribution in [0.1, 0.15) is 58.8 Å². The van der Waals surface area contributed by atoms with E-state index >= 15 is 0 Å². The van der Waals surface area contributed by atoms with E-state index in [0.717, 1.165) is 19.4 Å². The first-order valence-corrected chi connectivity index (χ1v) is 9.77. The van der Waals surface area contributed by atoms with Crippen molar-refractivity contribution in [2.45, 2.75) is 58.8 Å². The van der Waals surface area contributed by atoms with Gasteiger partial charge in [-0.15, -0.1) is 0 Å². The smallest absolute Gasteiger partial charge is 0.305 e. The highest BCUT2D eigenvalue weighted by atomic mass is 16.6. The third-order valence-electron chi connectivity index (χ3n) is 3.45. The van der Waals surface area contributed by atoms with Crippen molar-refractivity contribution in [1.82, 2.24) is 0 Å². The Hall–Kier alpha value is -0.690. The van der Waals surface area contributed by atoms with E-state index in [9.17, 15) is 4.79 Å². The molecule has 0 amide bonds. The molecule has 0 saturated carbocycles. The summed E-state index contributed by atoms with van der Waals surface area (Å²) in [7, 11) is 0. The molecule has 0 aromatic rings. The van der Waals surface area contributed by atoms with Crippen molar-refractivity contribution in [3.8, 4) is 0 Å². The maximum absolute atomic E-state index is 11.1. The van der Waals surface area contributed by atoms with Gasteiger partial charge in [-0.05, 0) is 12.8 Å². The van der Waals surface area contributed by atoms with Crippen LogP contribution in [0.3, 0.4) is 0 Å². The Morgan fingerprint density at radius 3 is 1.56 bits per heavy atom. The van der Waals surface area contributed by atoms with Crippen LogP contribution in [0.4, 0.5) is 0 Å². The number of ether oxygens (including phenoxy) is 5. The molecule has 0 atom stereocenters. The Morgan fingerprint density at radius 1 is 0.560 bits per heavy atom. The third-order valence-corrected chi connectivity index (χ3v) is 3.45. The van der Waals surface area contributed by atoms with E-state index in [0.29, 0.717) is 59.3 Å². The van der Waals surface area contributed by atoms with Crippen molar-refractivity contribution in [2.75, 3.05) is 59.5 Å². The van der Waals surface area contributed by atoms with Crippen LogP contribution >= 0.6 is 0 Å². The molecule has 0 spiro atoms. The van der Waals surface area contributed by atoms with Crippen LogP contribution in [-0.4, -0.2) is 65.4 Å². The molecule has 0 unspecified atom stereocenters. The van der Waals surface area contributed by atoms with Crippen LogP contribution in [0.25, 0.3) is 0 Å². The summed E-state index contributed by atoms with van der Waals surface area (Å²) in [5, 5.41) is 0. The highest BCUT2D eigenvalue weighted by Crippen LogP contribution is 2.02. The van der Waals surface area contributed by atoms with Crippen LogP contribution < -0.4 is 0 Å². The second-order valence-corrected chi connectivity index (χ2v) is 5.83. The van der Waals surface area contributed by atoms with Crippen molar-refractivity contribution in [2.24, 2.45) is 0 Å². The second kappa shape index (κ2) is 21.4. The summed E-state index contributed by atoms with van der Waals surface area (Å²) in [6, 6.07) is 0. The van der Waals surface area contributed by atoms with Crippen LogP contribution in [0.5, 0.6) is 0 Å². The monoisotopic (exact) mass is 362 g/mol. The van der Waals surface area contributed by atoms with Gasteiger partial charge in [0.05, 0.1) is 46.2 Å². The van der Waals surface area contributed by atoms with E-state index in [1.54, 1.807) is 0 Å². The minimum Gasteiger partial charge on any atom is -0.463 e. The van der Waals surface area contributed by atoms with Crippen LogP contribution in [0.15, 0.2) is 0 Å². The topological polar surface area (TPSA) is 63.2 Å². The molecule has 0 rings (SSSR count). The Labute approximate surface area is 153 Å². The molecule has 0 saturated heterocycles. The molecule has 0 radical (unpaired) electrons. The fourth-order valence-electron chi connectivity index (χ4n) is 2.06. The van der Waals surface area contributed by atoms with Crippen molar-refractivity contribution >= 4 is 5.97 Å². The number of unbranched alkanes of at least 4 members (excludes halogenated alkanes) is 4. The molecular weight excluding hydrogens is 324 g/mol. The highest BCUT2D eigenvalue weighted by Gasteiger charge is 1.99. The molecular formula is C19H38O6. The molecule has 0 aromatic carbocycles. The van der Waals surface area contributed by atoms with Crippen molar-refractivity contribution in [3.63, 3.8) is 0 Å². The summed E-state index contributed by atoms with van der Waals surface area (Å²) in [6.45, 7) is 9.08. The van der Waals surface area contributed by atoms with Crippen LogP contribution in [-0.2, 0) is 28.5 Å². The lowest BCUT2D eigenvalue weighted by atomic mass is 10.2. The largest absolute Gasteiger partial charge is 0.463 e. The number of carbonyl (C=O) groups is 1. The summed E-state index contributed by atoms with van der Waals surface area (Å²) in [5.41, 5.74) is 0. The lowest BCUT2D eigenvalue weighted by Gasteiger charge is -2.08. The van der Waals surface area contributed by atoms with Gasteiger partial charge in [-0.25, -0.2) is 0 Å². The van der Waals surface area contributed by atoms with Gasteiger partial charge < -0.3 is 23.7 Å². The number of carbonyl (C=O) groups excluding carboxylic acids is 1. The summed E-state index contributed by atoms with van der Waals surface area (Å²) in [6.07, 6.45) is 7.57.